The fourth-order valence-corrected chi connectivity index (χ4v) is 1.90. The van der Waals surface area contributed by atoms with E-state index < -0.39 is 0 Å². The molecule has 19 heavy (non-hydrogen) atoms. The number of rotatable bonds is 5. The molecule has 0 bridgehead atoms. The van der Waals surface area contributed by atoms with E-state index in [0.717, 1.165) is 11.1 Å². The third-order valence-electron chi connectivity index (χ3n) is 2.62. The van der Waals surface area contributed by atoms with E-state index in [1.807, 2.05) is 42.5 Å². The van der Waals surface area contributed by atoms with Crippen molar-refractivity contribution >= 4 is 17.7 Å². The van der Waals surface area contributed by atoms with Crippen molar-refractivity contribution in [3.05, 3.63) is 70.8 Å². The normalized spacial score (nSPS) is 10.8. The van der Waals surface area contributed by atoms with Gasteiger partial charge in [0.1, 0.15) is 12.4 Å². The second kappa shape index (κ2) is 6.98. The Morgan fingerprint density at radius 3 is 2.58 bits per heavy atom. The number of ether oxygens (including phenoxy) is 1. The molecule has 2 rings (SSSR count). The Balaban J connectivity index is 1.91. The summed E-state index contributed by atoms with van der Waals surface area (Å²) < 4.78 is 5.56. The average molecular weight is 275 g/mol. The van der Waals surface area contributed by atoms with Gasteiger partial charge in [-0.1, -0.05) is 54.1 Å². The molecule has 0 aromatic heterocycles. The quantitative estimate of drug-likeness (QED) is 0.895. The van der Waals surface area contributed by atoms with E-state index in [2.05, 4.69) is 0 Å². The Bertz CT molecular complexity index is 550. The zero-order chi connectivity index (χ0) is 13.5. The van der Waals surface area contributed by atoms with Crippen molar-refractivity contribution in [3.8, 4) is 5.75 Å². The van der Waals surface area contributed by atoms with Crippen molar-refractivity contribution in [1.82, 2.24) is 0 Å². The Kier molecular flexibility index (Phi) is 5.01. The zero-order valence-corrected chi connectivity index (χ0v) is 11.2. The van der Waals surface area contributed by atoms with E-state index in [0.29, 0.717) is 17.4 Å². The number of halogens is 1. The molecular weight excluding hydrogens is 260 g/mol. The number of hydrogen-bond donors (Lipinski definition) is 1. The third kappa shape index (κ3) is 4.12. The molecule has 0 fully saturated rings. The van der Waals surface area contributed by atoms with Gasteiger partial charge in [0.05, 0.1) is 11.6 Å². The zero-order valence-electron chi connectivity index (χ0n) is 10.4. The van der Waals surface area contributed by atoms with E-state index in [9.17, 15) is 0 Å². The molecule has 0 aliphatic rings. The summed E-state index contributed by atoms with van der Waals surface area (Å²) in [5.41, 5.74) is 1.91. The lowest BCUT2D eigenvalue weighted by Crippen LogP contribution is -1.94. The number of benzene rings is 2. The maximum Gasteiger partial charge on any atom is 0.138 e. The van der Waals surface area contributed by atoms with Crippen LogP contribution < -0.4 is 4.74 Å². The first kappa shape index (κ1) is 13.7. The van der Waals surface area contributed by atoms with Gasteiger partial charge in [-0.2, -0.15) is 0 Å². The largest absolute Gasteiger partial charge is 0.488 e. The van der Waals surface area contributed by atoms with Crippen LogP contribution in [-0.4, -0.2) is 11.7 Å². The predicted octanol–water partition coefficient (Wildman–Crippen LogP) is 3.92. The summed E-state index contributed by atoms with van der Waals surface area (Å²) in [6.07, 6.45) is 3.93. The maximum absolute atomic E-state index is 8.98. The number of aliphatic hydroxyl groups excluding tert-OH is 1. The highest BCUT2D eigenvalue weighted by Gasteiger charge is 2.01. The van der Waals surface area contributed by atoms with Crippen molar-refractivity contribution in [2.24, 2.45) is 0 Å². The molecule has 0 aliphatic heterocycles. The first-order valence-electron chi connectivity index (χ1n) is 6.03. The Labute approximate surface area is 117 Å². The molecule has 3 heteroatoms. The van der Waals surface area contributed by atoms with Crippen LogP contribution in [0.15, 0.2) is 54.6 Å². The van der Waals surface area contributed by atoms with Crippen LogP contribution in [0.1, 0.15) is 11.1 Å². The summed E-state index contributed by atoms with van der Waals surface area (Å²) in [6.45, 7) is 0.432. The SMILES string of the molecule is OCc1ccc(OCC=Cc2ccccc2)c(Cl)c1. The van der Waals surface area contributed by atoms with Gasteiger partial charge in [-0.3, -0.25) is 0 Å². The summed E-state index contributed by atoms with van der Waals surface area (Å²) in [7, 11) is 0. The highest BCUT2D eigenvalue weighted by Crippen LogP contribution is 2.25. The molecule has 0 heterocycles. The van der Waals surface area contributed by atoms with E-state index >= 15 is 0 Å². The summed E-state index contributed by atoms with van der Waals surface area (Å²) in [4.78, 5) is 0. The summed E-state index contributed by atoms with van der Waals surface area (Å²) in [6, 6.07) is 15.3. The molecule has 0 amide bonds. The number of aliphatic hydroxyl groups is 1. The number of hydrogen-bond acceptors (Lipinski definition) is 2. The fraction of sp³-hybridized carbons (Fsp3) is 0.125. The topological polar surface area (TPSA) is 29.5 Å². The summed E-state index contributed by atoms with van der Waals surface area (Å²) in [5, 5.41) is 9.50. The van der Waals surface area contributed by atoms with E-state index in [4.69, 9.17) is 21.4 Å². The van der Waals surface area contributed by atoms with Gasteiger partial charge >= 0.3 is 0 Å². The minimum atomic E-state index is -0.0199. The first-order valence-corrected chi connectivity index (χ1v) is 6.41. The van der Waals surface area contributed by atoms with Crippen LogP contribution in [0, 0.1) is 0 Å². The standard InChI is InChI=1S/C16H15ClO2/c17-15-11-14(12-18)8-9-16(15)19-10-4-7-13-5-2-1-3-6-13/h1-9,11,18H,10,12H2. The lowest BCUT2D eigenvalue weighted by Gasteiger charge is -2.06. The molecule has 1 N–H and O–H groups in total. The van der Waals surface area contributed by atoms with E-state index in [1.54, 1.807) is 18.2 Å². The Morgan fingerprint density at radius 2 is 1.89 bits per heavy atom. The van der Waals surface area contributed by atoms with Gasteiger partial charge in [-0.25, -0.2) is 0 Å². The monoisotopic (exact) mass is 274 g/mol. The van der Waals surface area contributed by atoms with Crippen LogP contribution in [-0.2, 0) is 6.61 Å². The second-order valence-corrected chi connectivity index (χ2v) is 4.45. The average Bonchev–Trinajstić information content (AvgIpc) is 2.46. The molecule has 98 valence electrons. The molecule has 0 radical (unpaired) electrons. The van der Waals surface area contributed by atoms with Gasteiger partial charge in [-0.15, -0.1) is 0 Å². The van der Waals surface area contributed by atoms with Crippen molar-refractivity contribution in [3.63, 3.8) is 0 Å². The van der Waals surface area contributed by atoms with Gasteiger partial charge in [-0.05, 0) is 29.3 Å². The van der Waals surface area contributed by atoms with Gasteiger partial charge in [0.2, 0.25) is 0 Å². The maximum atomic E-state index is 8.98. The van der Waals surface area contributed by atoms with Gasteiger partial charge in [0, 0.05) is 0 Å². The Morgan fingerprint density at radius 1 is 1.11 bits per heavy atom. The molecule has 0 atom stereocenters. The molecular formula is C16H15ClO2. The summed E-state index contributed by atoms with van der Waals surface area (Å²) >= 11 is 6.04. The van der Waals surface area contributed by atoms with Crippen LogP contribution in [0.3, 0.4) is 0 Å². The molecule has 2 aromatic carbocycles. The van der Waals surface area contributed by atoms with Gasteiger partial charge in [0.15, 0.2) is 0 Å². The fourth-order valence-electron chi connectivity index (χ4n) is 1.65. The summed E-state index contributed by atoms with van der Waals surface area (Å²) in [5.74, 6) is 0.622. The second-order valence-electron chi connectivity index (χ2n) is 4.05. The van der Waals surface area contributed by atoms with E-state index in [-0.39, 0.29) is 6.61 Å². The lowest BCUT2D eigenvalue weighted by atomic mass is 10.2. The van der Waals surface area contributed by atoms with Crippen LogP contribution in [0.4, 0.5) is 0 Å². The lowest BCUT2D eigenvalue weighted by molar-refractivity contribution is 0.281. The van der Waals surface area contributed by atoms with Crippen molar-refractivity contribution in [2.75, 3.05) is 6.61 Å². The molecule has 0 saturated heterocycles. The van der Waals surface area contributed by atoms with Crippen LogP contribution in [0.2, 0.25) is 5.02 Å². The first-order chi connectivity index (χ1) is 9.29. The van der Waals surface area contributed by atoms with Crippen molar-refractivity contribution in [1.29, 1.82) is 0 Å². The molecule has 0 saturated carbocycles. The molecule has 2 aromatic rings. The third-order valence-corrected chi connectivity index (χ3v) is 2.92. The van der Waals surface area contributed by atoms with Crippen molar-refractivity contribution < 1.29 is 9.84 Å². The molecule has 0 spiro atoms. The van der Waals surface area contributed by atoms with Crippen LogP contribution >= 0.6 is 11.6 Å². The van der Waals surface area contributed by atoms with E-state index in [1.165, 1.54) is 0 Å². The smallest absolute Gasteiger partial charge is 0.138 e. The molecule has 0 aliphatic carbocycles. The Hall–Kier alpha value is -1.77. The predicted molar refractivity (Wildman–Crippen MR) is 78.3 cm³/mol. The molecule has 0 unspecified atom stereocenters. The van der Waals surface area contributed by atoms with Crippen LogP contribution in [0.5, 0.6) is 5.75 Å². The minimum Gasteiger partial charge on any atom is -0.488 e. The van der Waals surface area contributed by atoms with Gasteiger partial charge in [0.25, 0.3) is 0 Å². The highest BCUT2D eigenvalue weighted by atomic mass is 35.5. The van der Waals surface area contributed by atoms with Crippen molar-refractivity contribution in [2.45, 2.75) is 6.61 Å². The van der Waals surface area contributed by atoms with Crippen LogP contribution in [0.25, 0.3) is 6.08 Å². The highest BCUT2D eigenvalue weighted by molar-refractivity contribution is 6.32. The molecule has 2 nitrogen and oxygen atoms in total. The van der Waals surface area contributed by atoms with Gasteiger partial charge < -0.3 is 9.84 Å². The minimum absolute atomic E-state index is 0.0199.